The molecular weight excluding hydrogens is 220 g/mol. The van der Waals surface area contributed by atoms with Crippen molar-refractivity contribution >= 4 is 17.7 Å². The van der Waals surface area contributed by atoms with Gasteiger partial charge in [-0.1, -0.05) is 11.6 Å². The molecule has 6 heteroatoms. The molecule has 80 valence electrons. The van der Waals surface area contributed by atoms with Crippen molar-refractivity contribution in [2.75, 3.05) is 6.61 Å². The molecule has 1 aromatic rings. The molecule has 1 saturated heterocycles. The first-order valence-corrected chi connectivity index (χ1v) is 4.82. The number of amides is 1. The minimum Gasteiger partial charge on any atom is -0.463 e. The number of hydrogen-bond acceptors (Lipinski definition) is 3. The molecule has 0 saturated carbocycles. The molecule has 1 aliphatic heterocycles. The van der Waals surface area contributed by atoms with Crippen LogP contribution in [0.2, 0.25) is 5.02 Å². The normalized spacial score (nSPS) is 20.6. The summed E-state index contributed by atoms with van der Waals surface area (Å²) in [4.78, 5) is 19.7. The van der Waals surface area contributed by atoms with Gasteiger partial charge in [-0.05, 0) is 11.6 Å². The van der Waals surface area contributed by atoms with E-state index in [-0.39, 0.29) is 6.04 Å². The zero-order chi connectivity index (χ0) is 10.8. The molecular formula is C9H9ClN2O3. The highest BCUT2D eigenvalue weighted by atomic mass is 35.5. The fraction of sp³-hybridized carbons (Fsp3) is 0.333. The maximum Gasteiger partial charge on any atom is 0.432 e. The largest absolute Gasteiger partial charge is 0.463 e. The Labute approximate surface area is 91.2 Å². The Bertz CT molecular complexity index is 385. The predicted octanol–water partition coefficient (Wildman–Crippen LogP) is 2.09. The summed E-state index contributed by atoms with van der Waals surface area (Å²) in [6.07, 6.45) is 2.62. The van der Waals surface area contributed by atoms with Gasteiger partial charge in [0.2, 0.25) is 0 Å². The van der Waals surface area contributed by atoms with E-state index in [1.165, 1.54) is 6.20 Å². The second-order valence-corrected chi connectivity index (χ2v) is 3.62. The first-order chi connectivity index (χ1) is 7.18. The van der Waals surface area contributed by atoms with Crippen molar-refractivity contribution in [3.8, 4) is 0 Å². The fourth-order valence-corrected chi connectivity index (χ4v) is 1.75. The van der Waals surface area contributed by atoms with Crippen LogP contribution in [0.3, 0.4) is 0 Å². The van der Waals surface area contributed by atoms with Crippen LogP contribution in [-0.4, -0.2) is 27.9 Å². The standard InChI is InChI=1S/C9H9ClN2O3/c10-7-3-6(4-11-5-7)8-1-2-15-12(8)9(13)14/h3-5,8H,1-2H2,(H,13,14)/t8-/m0/s1. The number of pyridine rings is 1. The molecule has 1 fully saturated rings. The number of carboxylic acid groups (broad SMARTS) is 1. The molecule has 5 nitrogen and oxygen atoms in total. The van der Waals surface area contributed by atoms with E-state index < -0.39 is 6.09 Å². The average Bonchev–Trinajstić information content (AvgIpc) is 2.65. The number of nitrogens with zero attached hydrogens (tertiary/aromatic N) is 2. The van der Waals surface area contributed by atoms with Gasteiger partial charge in [0, 0.05) is 18.8 Å². The molecule has 0 spiro atoms. The number of halogens is 1. The summed E-state index contributed by atoms with van der Waals surface area (Å²) >= 11 is 5.78. The Morgan fingerprint density at radius 3 is 3.13 bits per heavy atom. The SMILES string of the molecule is O=C(O)N1OCC[C@H]1c1cncc(Cl)c1. The zero-order valence-corrected chi connectivity index (χ0v) is 8.52. The van der Waals surface area contributed by atoms with E-state index in [9.17, 15) is 4.79 Å². The molecule has 1 atom stereocenters. The Hall–Kier alpha value is -1.33. The quantitative estimate of drug-likeness (QED) is 0.800. The molecule has 1 aromatic heterocycles. The van der Waals surface area contributed by atoms with Gasteiger partial charge in [-0.3, -0.25) is 9.82 Å². The fourth-order valence-electron chi connectivity index (χ4n) is 1.57. The van der Waals surface area contributed by atoms with Gasteiger partial charge in [-0.15, -0.1) is 0 Å². The van der Waals surface area contributed by atoms with Crippen LogP contribution in [-0.2, 0) is 4.84 Å². The average molecular weight is 229 g/mol. The number of aromatic nitrogens is 1. The lowest BCUT2D eigenvalue weighted by Gasteiger charge is -2.18. The zero-order valence-electron chi connectivity index (χ0n) is 7.76. The number of carbonyl (C=O) groups is 1. The molecule has 0 unspecified atom stereocenters. The summed E-state index contributed by atoms with van der Waals surface area (Å²) in [7, 11) is 0. The van der Waals surface area contributed by atoms with Crippen LogP contribution in [0.15, 0.2) is 18.5 Å². The molecule has 2 rings (SSSR count). The van der Waals surface area contributed by atoms with E-state index in [0.29, 0.717) is 18.1 Å². The first kappa shape index (κ1) is 10.2. The number of hydrogen-bond donors (Lipinski definition) is 1. The highest BCUT2D eigenvalue weighted by Gasteiger charge is 2.31. The van der Waals surface area contributed by atoms with Crippen LogP contribution in [0.1, 0.15) is 18.0 Å². The molecule has 2 heterocycles. The van der Waals surface area contributed by atoms with E-state index in [2.05, 4.69) is 4.98 Å². The van der Waals surface area contributed by atoms with Crippen molar-refractivity contribution in [2.45, 2.75) is 12.5 Å². The summed E-state index contributed by atoms with van der Waals surface area (Å²) in [5, 5.41) is 10.3. The van der Waals surface area contributed by atoms with Crippen LogP contribution in [0.4, 0.5) is 4.79 Å². The van der Waals surface area contributed by atoms with Crippen molar-refractivity contribution in [3.05, 3.63) is 29.0 Å². The first-order valence-electron chi connectivity index (χ1n) is 4.44. The van der Waals surface area contributed by atoms with E-state index in [4.69, 9.17) is 21.5 Å². The smallest absolute Gasteiger partial charge is 0.432 e. The highest BCUT2D eigenvalue weighted by molar-refractivity contribution is 6.30. The number of hydroxylamine groups is 2. The Kier molecular flexibility index (Phi) is 2.75. The maximum atomic E-state index is 10.8. The molecule has 0 bridgehead atoms. The van der Waals surface area contributed by atoms with Crippen molar-refractivity contribution in [2.24, 2.45) is 0 Å². The van der Waals surface area contributed by atoms with Crippen molar-refractivity contribution < 1.29 is 14.7 Å². The summed E-state index contributed by atoms with van der Waals surface area (Å²) in [6, 6.07) is 1.39. The molecule has 1 N–H and O–H groups in total. The van der Waals surface area contributed by atoms with Crippen molar-refractivity contribution in [3.63, 3.8) is 0 Å². The van der Waals surface area contributed by atoms with Crippen LogP contribution < -0.4 is 0 Å². The third-order valence-corrected chi connectivity index (χ3v) is 2.41. The predicted molar refractivity (Wildman–Crippen MR) is 52.4 cm³/mol. The summed E-state index contributed by atoms with van der Waals surface area (Å²) in [5.41, 5.74) is 0.752. The maximum absolute atomic E-state index is 10.8. The Morgan fingerprint density at radius 1 is 1.67 bits per heavy atom. The van der Waals surface area contributed by atoms with Gasteiger partial charge < -0.3 is 5.11 Å². The van der Waals surface area contributed by atoms with Crippen LogP contribution in [0.25, 0.3) is 0 Å². The summed E-state index contributed by atoms with van der Waals surface area (Å²) in [5.74, 6) is 0. The third kappa shape index (κ3) is 2.03. The van der Waals surface area contributed by atoms with Gasteiger partial charge in [0.15, 0.2) is 0 Å². The van der Waals surface area contributed by atoms with Gasteiger partial charge in [0.1, 0.15) is 0 Å². The van der Waals surface area contributed by atoms with Crippen LogP contribution in [0.5, 0.6) is 0 Å². The van der Waals surface area contributed by atoms with Gasteiger partial charge in [0.25, 0.3) is 0 Å². The van der Waals surface area contributed by atoms with Gasteiger partial charge in [0.05, 0.1) is 17.7 Å². The lowest BCUT2D eigenvalue weighted by atomic mass is 10.1. The monoisotopic (exact) mass is 228 g/mol. The second kappa shape index (κ2) is 4.04. The van der Waals surface area contributed by atoms with Gasteiger partial charge in [-0.2, -0.15) is 5.06 Å². The minimum absolute atomic E-state index is 0.311. The topological polar surface area (TPSA) is 62.7 Å². The van der Waals surface area contributed by atoms with Crippen LogP contribution >= 0.6 is 11.6 Å². The molecule has 15 heavy (non-hydrogen) atoms. The Balaban J connectivity index is 2.26. The van der Waals surface area contributed by atoms with Gasteiger partial charge >= 0.3 is 6.09 Å². The van der Waals surface area contributed by atoms with E-state index in [0.717, 1.165) is 10.6 Å². The lowest BCUT2D eigenvalue weighted by molar-refractivity contribution is -0.104. The van der Waals surface area contributed by atoms with Crippen molar-refractivity contribution in [1.82, 2.24) is 10.0 Å². The highest BCUT2D eigenvalue weighted by Crippen LogP contribution is 2.30. The third-order valence-electron chi connectivity index (χ3n) is 2.20. The molecule has 0 radical (unpaired) electrons. The number of rotatable bonds is 1. The van der Waals surface area contributed by atoms with E-state index in [1.807, 2.05) is 0 Å². The molecule has 1 amide bonds. The van der Waals surface area contributed by atoms with Gasteiger partial charge in [-0.25, -0.2) is 4.79 Å². The minimum atomic E-state index is -1.10. The van der Waals surface area contributed by atoms with E-state index in [1.54, 1.807) is 12.3 Å². The Morgan fingerprint density at radius 2 is 2.47 bits per heavy atom. The summed E-state index contributed by atoms with van der Waals surface area (Å²) < 4.78 is 0. The second-order valence-electron chi connectivity index (χ2n) is 3.18. The van der Waals surface area contributed by atoms with E-state index >= 15 is 0 Å². The van der Waals surface area contributed by atoms with Crippen molar-refractivity contribution in [1.29, 1.82) is 0 Å². The summed E-state index contributed by atoms with van der Waals surface area (Å²) in [6.45, 7) is 0.392. The molecule has 0 aliphatic carbocycles. The molecule has 1 aliphatic rings. The van der Waals surface area contributed by atoms with Crippen LogP contribution in [0, 0.1) is 0 Å². The lowest BCUT2D eigenvalue weighted by Crippen LogP contribution is -2.27. The molecule has 0 aromatic carbocycles.